The highest BCUT2D eigenvalue weighted by Gasteiger charge is 2.28. The highest BCUT2D eigenvalue weighted by atomic mass is 32.2. The molecule has 1 aromatic heterocycles. The molecule has 96 valence electrons. The first-order valence-electron chi connectivity index (χ1n) is 5.05. The number of hydrogen-bond donors (Lipinski definition) is 1. The number of nitrogens with two attached hydrogens (primary N) is 1. The van der Waals surface area contributed by atoms with Crippen molar-refractivity contribution in [3.8, 4) is 0 Å². The lowest BCUT2D eigenvalue weighted by molar-refractivity contribution is 0.548. The van der Waals surface area contributed by atoms with Gasteiger partial charge in [-0.15, -0.1) is 5.10 Å². The second-order valence-electron chi connectivity index (χ2n) is 4.63. The Bertz CT molecular complexity index is 513. The fourth-order valence-electron chi connectivity index (χ4n) is 1.04. The number of rotatable bonds is 4. The molecule has 0 unspecified atom stereocenters. The highest BCUT2D eigenvalue weighted by Crippen LogP contribution is 2.15. The molecule has 0 aliphatic rings. The van der Waals surface area contributed by atoms with Crippen LogP contribution in [-0.2, 0) is 16.4 Å². The van der Waals surface area contributed by atoms with Crippen molar-refractivity contribution in [2.75, 3.05) is 5.75 Å². The molecular weight excluding hydrogens is 260 g/mol. The van der Waals surface area contributed by atoms with Gasteiger partial charge in [0.2, 0.25) is 5.82 Å². The maximum atomic E-state index is 11.9. The van der Waals surface area contributed by atoms with E-state index in [1.54, 1.807) is 20.8 Å². The van der Waals surface area contributed by atoms with Crippen LogP contribution in [0.5, 0.6) is 0 Å². The van der Waals surface area contributed by atoms with E-state index in [9.17, 15) is 8.42 Å². The molecule has 8 heteroatoms. The van der Waals surface area contributed by atoms with Crippen molar-refractivity contribution < 1.29 is 8.42 Å². The normalized spacial score (nSPS) is 12.6. The van der Waals surface area contributed by atoms with E-state index in [0.717, 1.165) is 0 Å². The summed E-state index contributed by atoms with van der Waals surface area (Å²) in [6.07, 6.45) is 1.42. The van der Waals surface area contributed by atoms with E-state index >= 15 is 0 Å². The van der Waals surface area contributed by atoms with E-state index in [4.69, 9.17) is 18.0 Å². The number of aromatic nitrogens is 3. The summed E-state index contributed by atoms with van der Waals surface area (Å²) in [6, 6.07) is 0. The first kappa shape index (κ1) is 14.0. The van der Waals surface area contributed by atoms with Crippen molar-refractivity contribution >= 4 is 27.0 Å². The van der Waals surface area contributed by atoms with E-state index in [1.807, 2.05) is 0 Å². The first-order valence-corrected chi connectivity index (χ1v) is 7.11. The van der Waals surface area contributed by atoms with Crippen LogP contribution in [-0.4, -0.2) is 38.7 Å². The number of aryl methyl sites for hydroxylation is 1. The predicted molar refractivity (Wildman–Crippen MR) is 69.4 cm³/mol. The average Bonchev–Trinajstić information content (AvgIpc) is 2.61. The lowest BCUT2D eigenvalue weighted by atomic mass is 10.3. The number of hydrogen-bond acceptors (Lipinski definition) is 5. The topological polar surface area (TPSA) is 90.9 Å². The molecule has 0 spiro atoms. The van der Waals surface area contributed by atoms with E-state index in [0.29, 0.717) is 0 Å². The molecule has 0 aliphatic heterocycles. The largest absolute Gasteiger partial charge is 0.387 e. The van der Waals surface area contributed by atoms with Crippen molar-refractivity contribution in [3.05, 3.63) is 12.2 Å². The van der Waals surface area contributed by atoms with Crippen molar-refractivity contribution in [2.45, 2.75) is 32.1 Å². The lowest BCUT2D eigenvalue weighted by Gasteiger charge is -2.18. The Morgan fingerprint density at radius 2 is 2.12 bits per heavy atom. The zero-order valence-corrected chi connectivity index (χ0v) is 11.7. The van der Waals surface area contributed by atoms with Gasteiger partial charge in [-0.1, -0.05) is 12.2 Å². The van der Waals surface area contributed by atoms with Crippen LogP contribution >= 0.6 is 12.2 Å². The average molecular weight is 276 g/mol. The van der Waals surface area contributed by atoms with Gasteiger partial charge < -0.3 is 5.73 Å². The third kappa shape index (κ3) is 3.47. The Morgan fingerprint density at radius 3 is 2.53 bits per heavy atom. The molecule has 0 saturated carbocycles. The number of sulfone groups is 1. The van der Waals surface area contributed by atoms with Crippen LogP contribution in [0.25, 0.3) is 0 Å². The summed E-state index contributed by atoms with van der Waals surface area (Å²) < 4.78 is 24.4. The molecule has 1 aromatic rings. The maximum absolute atomic E-state index is 11.9. The fraction of sp³-hybridized carbons (Fsp3) is 0.667. The Hall–Kier alpha value is -1.02. The first-order chi connectivity index (χ1) is 7.63. The molecule has 6 nitrogen and oxygen atoms in total. The summed E-state index contributed by atoms with van der Waals surface area (Å²) in [7, 11) is -3.16. The second kappa shape index (κ2) is 4.69. The molecule has 0 bridgehead atoms. The SMILES string of the molecule is CC(C)(C)S(=O)(=O)CCn1cnc(C(N)=S)n1. The number of thiocarbonyl (C=S) groups is 1. The van der Waals surface area contributed by atoms with Crippen LogP contribution < -0.4 is 5.73 Å². The molecular formula is C9H16N4O2S2. The second-order valence-corrected chi connectivity index (χ2v) is 7.93. The Balaban J connectivity index is 2.71. The zero-order valence-electron chi connectivity index (χ0n) is 10.0. The van der Waals surface area contributed by atoms with Gasteiger partial charge in [-0.3, -0.25) is 4.68 Å². The summed E-state index contributed by atoms with van der Waals surface area (Å²) in [5.41, 5.74) is 5.35. The zero-order chi connectivity index (χ0) is 13.3. The van der Waals surface area contributed by atoms with Crippen LogP contribution in [0.2, 0.25) is 0 Å². The van der Waals surface area contributed by atoms with Crippen LogP contribution in [0.4, 0.5) is 0 Å². The van der Waals surface area contributed by atoms with Crippen molar-refractivity contribution in [3.63, 3.8) is 0 Å². The molecule has 0 fully saturated rings. The predicted octanol–water partition coefficient (Wildman–Crippen LogP) is 0.126. The van der Waals surface area contributed by atoms with Crippen molar-refractivity contribution in [1.82, 2.24) is 14.8 Å². The van der Waals surface area contributed by atoms with Gasteiger partial charge in [-0.05, 0) is 20.8 Å². The maximum Gasteiger partial charge on any atom is 0.208 e. The standard InChI is InChI=1S/C9H16N4O2S2/c1-9(2,3)17(14,15)5-4-13-6-11-8(12-13)7(10)16/h6H,4-5H2,1-3H3,(H2,10,16). The highest BCUT2D eigenvalue weighted by molar-refractivity contribution is 7.92. The minimum absolute atomic E-state index is 0.0105. The third-order valence-electron chi connectivity index (χ3n) is 2.28. The van der Waals surface area contributed by atoms with Gasteiger partial charge in [0.05, 0.1) is 17.0 Å². The molecule has 17 heavy (non-hydrogen) atoms. The Kier molecular flexibility index (Phi) is 3.88. The van der Waals surface area contributed by atoms with Gasteiger partial charge >= 0.3 is 0 Å². The van der Waals surface area contributed by atoms with Crippen LogP contribution in [0.3, 0.4) is 0 Å². The third-order valence-corrected chi connectivity index (χ3v) is 5.05. The van der Waals surface area contributed by atoms with Gasteiger partial charge in [0, 0.05) is 0 Å². The van der Waals surface area contributed by atoms with Crippen LogP contribution in [0.1, 0.15) is 26.6 Å². The van der Waals surface area contributed by atoms with Crippen LogP contribution in [0, 0.1) is 0 Å². The number of nitrogens with zero attached hydrogens (tertiary/aromatic N) is 3. The quantitative estimate of drug-likeness (QED) is 0.786. The van der Waals surface area contributed by atoms with Crippen molar-refractivity contribution in [1.29, 1.82) is 0 Å². The molecule has 0 aromatic carbocycles. The summed E-state index contributed by atoms with van der Waals surface area (Å²) in [5.74, 6) is 0.268. The Morgan fingerprint density at radius 1 is 1.53 bits per heavy atom. The fourth-order valence-corrected chi connectivity index (χ4v) is 2.17. The van der Waals surface area contributed by atoms with Crippen LogP contribution in [0.15, 0.2) is 6.33 Å². The summed E-state index contributed by atoms with van der Waals surface area (Å²) in [6.45, 7) is 5.26. The molecule has 1 heterocycles. The summed E-state index contributed by atoms with van der Waals surface area (Å²) in [5, 5.41) is 3.97. The van der Waals surface area contributed by atoms with E-state index in [-0.39, 0.29) is 23.1 Å². The molecule has 0 amide bonds. The summed E-state index contributed by atoms with van der Waals surface area (Å²) in [4.78, 5) is 3.97. The van der Waals surface area contributed by atoms with Gasteiger partial charge in [0.25, 0.3) is 0 Å². The minimum atomic E-state index is -3.16. The van der Waals surface area contributed by atoms with Gasteiger partial charge in [0.15, 0.2) is 9.84 Å². The monoisotopic (exact) mass is 276 g/mol. The van der Waals surface area contributed by atoms with E-state index < -0.39 is 14.6 Å². The van der Waals surface area contributed by atoms with Crippen molar-refractivity contribution in [2.24, 2.45) is 5.73 Å². The van der Waals surface area contributed by atoms with E-state index in [2.05, 4.69) is 10.1 Å². The Labute approximate surface area is 106 Å². The summed E-state index contributed by atoms with van der Waals surface area (Å²) >= 11 is 4.71. The molecule has 2 N–H and O–H groups in total. The minimum Gasteiger partial charge on any atom is -0.387 e. The van der Waals surface area contributed by atoms with Gasteiger partial charge in [-0.2, -0.15) is 0 Å². The van der Waals surface area contributed by atoms with Gasteiger partial charge in [0.1, 0.15) is 11.3 Å². The molecule has 1 rings (SSSR count). The molecule has 0 radical (unpaired) electrons. The van der Waals surface area contributed by atoms with Gasteiger partial charge in [-0.25, -0.2) is 13.4 Å². The molecule has 0 atom stereocenters. The smallest absolute Gasteiger partial charge is 0.208 e. The molecule has 0 saturated heterocycles. The van der Waals surface area contributed by atoms with E-state index in [1.165, 1.54) is 11.0 Å². The molecule has 0 aliphatic carbocycles. The lowest BCUT2D eigenvalue weighted by Crippen LogP contribution is -2.32.